The maximum Gasteiger partial charge on any atom is 0.262 e. The van der Waals surface area contributed by atoms with Crippen LogP contribution in [0.25, 0.3) is 10.9 Å². The topological polar surface area (TPSA) is 79.0 Å². The van der Waals surface area contributed by atoms with E-state index in [9.17, 15) is 17.6 Å². The molecule has 0 radical (unpaired) electrons. The van der Waals surface area contributed by atoms with E-state index in [0.717, 1.165) is 23.9 Å². The molecule has 2 aromatic carbocycles. The number of ketones is 1. The Labute approximate surface area is 163 Å². The fraction of sp³-hybridized carbons (Fsp3) is 0.286. The average Bonchev–Trinajstić information content (AvgIpc) is 3.02. The smallest absolute Gasteiger partial charge is 0.262 e. The number of rotatable bonds is 4. The van der Waals surface area contributed by atoms with Gasteiger partial charge in [-0.3, -0.25) is 9.52 Å². The summed E-state index contributed by atoms with van der Waals surface area (Å²) in [5, 5.41) is 0.775. The van der Waals surface area contributed by atoms with Crippen LogP contribution in [0.2, 0.25) is 0 Å². The molecule has 28 heavy (non-hydrogen) atoms. The van der Waals surface area contributed by atoms with E-state index in [1.165, 1.54) is 18.2 Å². The molecular formula is C21H21FN2O3S. The van der Waals surface area contributed by atoms with Crippen LogP contribution in [0.5, 0.6) is 0 Å². The average molecular weight is 400 g/mol. The number of nitrogens with one attached hydrogen (secondary N) is 2. The third-order valence-corrected chi connectivity index (χ3v) is 6.72. The van der Waals surface area contributed by atoms with Crippen molar-refractivity contribution >= 4 is 32.4 Å². The molecule has 0 aliphatic heterocycles. The molecule has 7 heteroatoms. The molecule has 3 aromatic rings. The molecule has 0 bridgehead atoms. The van der Waals surface area contributed by atoms with E-state index in [-0.39, 0.29) is 16.4 Å². The summed E-state index contributed by atoms with van der Waals surface area (Å²) in [6.45, 7) is 3.48. The minimum absolute atomic E-state index is 0.0958. The summed E-state index contributed by atoms with van der Waals surface area (Å²) in [5.41, 5.74) is 3.43. The number of H-pyrrole nitrogens is 1. The molecule has 0 spiro atoms. The minimum atomic E-state index is -3.91. The van der Waals surface area contributed by atoms with Gasteiger partial charge in [-0.15, -0.1) is 0 Å². The van der Waals surface area contributed by atoms with Crippen molar-refractivity contribution in [3.8, 4) is 0 Å². The number of carbonyl (C=O) groups excluding carboxylic acids is 1. The van der Waals surface area contributed by atoms with E-state index in [1.54, 1.807) is 19.1 Å². The second-order valence-corrected chi connectivity index (χ2v) is 8.83. The van der Waals surface area contributed by atoms with Crippen LogP contribution in [0, 0.1) is 12.7 Å². The SMILES string of the molecule is CCc1cc2c3c([nH]c2cc1S(=O)(=O)Nc1ccc(C)c(F)c1)CCCC3=O. The van der Waals surface area contributed by atoms with Crippen LogP contribution in [-0.2, 0) is 22.9 Å². The number of carbonyl (C=O) groups is 1. The molecule has 1 heterocycles. The Hall–Kier alpha value is -2.67. The minimum Gasteiger partial charge on any atom is -0.358 e. The normalized spacial score (nSPS) is 14.3. The van der Waals surface area contributed by atoms with Crippen molar-refractivity contribution in [1.82, 2.24) is 4.98 Å². The standard InChI is InChI=1S/C21H21FN2O3S/c1-3-13-9-15-18(23-17-5-4-6-19(25)21(15)17)11-20(13)28(26,27)24-14-8-7-12(2)16(22)10-14/h7-11,23-24H,3-6H2,1-2H3. The maximum absolute atomic E-state index is 13.8. The lowest BCUT2D eigenvalue weighted by molar-refractivity contribution is 0.0974. The molecule has 0 fully saturated rings. The third-order valence-electron chi connectivity index (χ3n) is 5.26. The molecular weight excluding hydrogens is 379 g/mol. The molecule has 5 nitrogen and oxygen atoms in total. The summed E-state index contributed by atoms with van der Waals surface area (Å²) in [6.07, 6.45) is 2.58. The molecule has 2 N–H and O–H groups in total. The van der Waals surface area contributed by atoms with Gasteiger partial charge >= 0.3 is 0 Å². The van der Waals surface area contributed by atoms with Gasteiger partial charge in [0.05, 0.1) is 10.6 Å². The Balaban J connectivity index is 1.82. The number of Topliss-reactive ketones (excluding diaryl/α,β-unsaturated/α-hetero) is 1. The number of benzene rings is 2. The van der Waals surface area contributed by atoms with Crippen LogP contribution in [-0.4, -0.2) is 19.2 Å². The summed E-state index contributed by atoms with van der Waals surface area (Å²) >= 11 is 0. The van der Waals surface area contributed by atoms with Gasteiger partial charge in [-0.05, 0) is 61.6 Å². The largest absolute Gasteiger partial charge is 0.358 e. The van der Waals surface area contributed by atoms with Crippen molar-refractivity contribution in [2.24, 2.45) is 0 Å². The number of hydrogen-bond acceptors (Lipinski definition) is 3. The molecule has 0 amide bonds. The molecule has 4 rings (SSSR count). The zero-order valence-electron chi connectivity index (χ0n) is 15.7. The highest BCUT2D eigenvalue weighted by Crippen LogP contribution is 2.33. The first-order valence-electron chi connectivity index (χ1n) is 9.30. The van der Waals surface area contributed by atoms with Gasteiger partial charge in [-0.1, -0.05) is 13.0 Å². The van der Waals surface area contributed by atoms with E-state index in [1.807, 2.05) is 6.92 Å². The van der Waals surface area contributed by atoms with Crippen molar-refractivity contribution in [3.63, 3.8) is 0 Å². The number of hydrogen-bond donors (Lipinski definition) is 2. The Kier molecular flexibility index (Phi) is 4.50. The lowest BCUT2D eigenvalue weighted by atomic mass is 9.94. The van der Waals surface area contributed by atoms with Crippen molar-refractivity contribution in [1.29, 1.82) is 0 Å². The van der Waals surface area contributed by atoms with Crippen LogP contribution < -0.4 is 4.72 Å². The summed E-state index contributed by atoms with van der Waals surface area (Å²) in [6, 6.07) is 7.60. The van der Waals surface area contributed by atoms with Gasteiger partial charge in [0.1, 0.15) is 5.82 Å². The first-order valence-corrected chi connectivity index (χ1v) is 10.8. The first-order chi connectivity index (χ1) is 13.3. The summed E-state index contributed by atoms with van der Waals surface area (Å²) in [4.78, 5) is 15.7. The van der Waals surface area contributed by atoms with Crippen LogP contribution in [0.15, 0.2) is 35.2 Å². The lowest BCUT2D eigenvalue weighted by Crippen LogP contribution is -2.15. The van der Waals surface area contributed by atoms with E-state index >= 15 is 0 Å². The van der Waals surface area contributed by atoms with Crippen molar-refractivity contribution in [2.45, 2.75) is 44.4 Å². The number of aromatic nitrogens is 1. The third kappa shape index (κ3) is 3.09. The number of aromatic amines is 1. The summed E-state index contributed by atoms with van der Waals surface area (Å²) < 4.78 is 42.3. The molecule has 0 unspecified atom stereocenters. The molecule has 1 aromatic heterocycles. The second-order valence-electron chi connectivity index (χ2n) is 7.18. The van der Waals surface area contributed by atoms with E-state index in [2.05, 4.69) is 9.71 Å². The predicted molar refractivity (Wildman–Crippen MR) is 107 cm³/mol. The fourth-order valence-electron chi connectivity index (χ4n) is 3.77. The van der Waals surface area contributed by atoms with E-state index in [4.69, 9.17) is 0 Å². The number of anilines is 1. The predicted octanol–water partition coefficient (Wildman–Crippen LogP) is 4.50. The van der Waals surface area contributed by atoms with Gasteiger partial charge in [-0.2, -0.15) is 0 Å². The number of fused-ring (bicyclic) bond motifs is 3. The zero-order chi connectivity index (χ0) is 20.1. The van der Waals surface area contributed by atoms with Crippen molar-refractivity contribution in [3.05, 3.63) is 58.5 Å². The fourth-order valence-corrected chi connectivity index (χ4v) is 5.14. The molecule has 0 saturated carbocycles. The Bertz CT molecular complexity index is 1210. The van der Waals surface area contributed by atoms with Gasteiger partial charge in [0.15, 0.2) is 5.78 Å². The van der Waals surface area contributed by atoms with Gasteiger partial charge in [0, 0.05) is 28.6 Å². The maximum atomic E-state index is 13.8. The van der Waals surface area contributed by atoms with Crippen molar-refractivity contribution < 1.29 is 17.6 Å². The second kappa shape index (κ2) is 6.74. The molecule has 0 saturated heterocycles. The van der Waals surface area contributed by atoms with Crippen LogP contribution >= 0.6 is 0 Å². The molecule has 1 aliphatic rings. The van der Waals surface area contributed by atoms with Gasteiger partial charge < -0.3 is 4.98 Å². The molecule has 1 aliphatic carbocycles. The van der Waals surface area contributed by atoms with Gasteiger partial charge in [0.2, 0.25) is 0 Å². The number of halogens is 1. The van der Waals surface area contributed by atoms with Crippen molar-refractivity contribution in [2.75, 3.05) is 4.72 Å². The first kappa shape index (κ1) is 18.7. The van der Waals surface area contributed by atoms with Crippen LogP contribution in [0.1, 0.15) is 46.9 Å². The number of aryl methyl sites for hydroxylation is 3. The summed E-state index contributed by atoms with van der Waals surface area (Å²) in [7, 11) is -3.91. The lowest BCUT2D eigenvalue weighted by Gasteiger charge is -2.13. The monoisotopic (exact) mass is 400 g/mol. The summed E-state index contributed by atoms with van der Waals surface area (Å²) in [5.74, 6) is -0.375. The highest BCUT2D eigenvalue weighted by atomic mass is 32.2. The van der Waals surface area contributed by atoms with Gasteiger partial charge in [0.25, 0.3) is 10.0 Å². The zero-order valence-corrected chi connectivity index (χ0v) is 16.5. The molecule has 146 valence electrons. The Morgan fingerprint density at radius 1 is 1.18 bits per heavy atom. The number of sulfonamides is 1. The van der Waals surface area contributed by atoms with E-state index in [0.29, 0.717) is 35.0 Å². The van der Waals surface area contributed by atoms with Gasteiger partial charge in [-0.25, -0.2) is 12.8 Å². The Morgan fingerprint density at radius 2 is 1.96 bits per heavy atom. The quantitative estimate of drug-likeness (QED) is 0.677. The Morgan fingerprint density at radius 3 is 2.68 bits per heavy atom. The van der Waals surface area contributed by atoms with Crippen LogP contribution in [0.3, 0.4) is 0 Å². The van der Waals surface area contributed by atoms with E-state index < -0.39 is 15.8 Å². The van der Waals surface area contributed by atoms with Crippen LogP contribution in [0.4, 0.5) is 10.1 Å². The highest BCUT2D eigenvalue weighted by Gasteiger charge is 2.26. The molecule has 0 atom stereocenters. The highest BCUT2D eigenvalue weighted by molar-refractivity contribution is 7.92.